The van der Waals surface area contributed by atoms with Crippen LogP contribution in [-0.2, 0) is 30.5 Å². The number of nitrogen functional groups attached to an aromatic ring is 1. The molecule has 1 aliphatic heterocycles. The highest BCUT2D eigenvalue weighted by Crippen LogP contribution is 2.28. The summed E-state index contributed by atoms with van der Waals surface area (Å²) in [5, 5.41) is 21.9. The molecular formula is C46H59N7O7S. The molecule has 7 N–H and O–H groups in total. The minimum Gasteiger partial charge on any atom is -0.397 e. The van der Waals surface area contributed by atoms with Crippen LogP contribution in [-0.4, -0.2) is 82.5 Å². The molecule has 1 unspecified atom stereocenters. The number of aryl methyl sites for hydroxylation is 1. The van der Waals surface area contributed by atoms with E-state index in [9.17, 15) is 29.1 Å². The molecule has 1 aliphatic rings. The molecule has 2 heterocycles. The average Bonchev–Trinajstić information content (AvgIpc) is 3.85. The summed E-state index contributed by atoms with van der Waals surface area (Å²) < 4.78 is 5.64. The molecule has 0 radical (unpaired) electrons. The van der Waals surface area contributed by atoms with Gasteiger partial charge >= 0.3 is 0 Å². The van der Waals surface area contributed by atoms with E-state index in [1.807, 2.05) is 57.5 Å². The number of hydrogen-bond donors (Lipinski definition) is 6. The second-order valence-corrected chi connectivity index (χ2v) is 17.4. The molecule has 0 saturated carbocycles. The first-order chi connectivity index (χ1) is 29.2. The second kappa shape index (κ2) is 22.3. The highest BCUT2D eigenvalue weighted by Gasteiger charge is 2.44. The molecule has 1 fully saturated rings. The van der Waals surface area contributed by atoms with Crippen molar-refractivity contribution in [2.45, 2.75) is 104 Å². The number of unbranched alkanes of at least 4 members (excludes halogenated alkanes) is 5. The van der Waals surface area contributed by atoms with E-state index in [4.69, 9.17) is 10.5 Å². The average molecular weight is 854 g/mol. The zero-order valence-corrected chi connectivity index (χ0v) is 36.3. The molecule has 1 aromatic heterocycles. The van der Waals surface area contributed by atoms with Gasteiger partial charge in [0.05, 0.1) is 33.6 Å². The number of carbonyl (C=O) groups excluding carboxylic acids is 5. The van der Waals surface area contributed by atoms with Crippen LogP contribution in [0.25, 0.3) is 10.4 Å². The van der Waals surface area contributed by atoms with Gasteiger partial charge in [-0.3, -0.25) is 24.0 Å². The zero-order chi connectivity index (χ0) is 43.9. The number of anilines is 3. The maximum absolute atomic E-state index is 13.9. The molecule has 0 spiro atoms. The molecule has 15 heteroatoms. The lowest BCUT2D eigenvalue weighted by molar-refractivity contribution is -0.144. The van der Waals surface area contributed by atoms with Crippen LogP contribution in [0.1, 0.15) is 93.8 Å². The number of benzene rings is 3. The molecule has 0 bridgehead atoms. The van der Waals surface area contributed by atoms with Crippen molar-refractivity contribution < 1.29 is 33.8 Å². The summed E-state index contributed by atoms with van der Waals surface area (Å²) in [6.07, 6.45) is 4.89. The maximum atomic E-state index is 13.9. The molecule has 61 heavy (non-hydrogen) atoms. The first-order valence-corrected chi connectivity index (χ1v) is 21.8. The lowest BCUT2D eigenvalue weighted by Gasteiger charge is -2.35. The molecule has 0 aliphatic carbocycles. The molecule has 326 valence electrons. The number of aliphatic hydroxyl groups excluding tert-OH is 1. The van der Waals surface area contributed by atoms with Crippen LogP contribution in [0, 0.1) is 12.3 Å². The Morgan fingerprint density at radius 2 is 1.59 bits per heavy atom. The third-order valence-corrected chi connectivity index (χ3v) is 11.5. The van der Waals surface area contributed by atoms with Gasteiger partial charge in [0.1, 0.15) is 18.7 Å². The van der Waals surface area contributed by atoms with Gasteiger partial charge in [0.2, 0.25) is 23.6 Å². The van der Waals surface area contributed by atoms with Crippen molar-refractivity contribution in [1.29, 1.82) is 0 Å². The summed E-state index contributed by atoms with van der Waals surface area (Å²) in [5.74, 6) is -1.60. The number of likely N-dealkylation sites (tertiary alicyclic amines) is 1. The largest absolute Gasteiger partial charge is 0.397 e. The number of aromatic nitrogens is 1. The number of para-hydroxylation sites is 2. The smallest absolute Gasteiger partial charge is 0.255 e. The van der Waals surface area contributed by atoms with Crippen molar-refractivity contribution in [1.82, 2.24) is 20.5 Å². The summed E-state index contributed by atoms with van der Waals surface area (Å²) in [7, 11) is 0. The van der Waals surface area contributed by atoms with Gasteiger partial charge in [0.15, 0.2) is 0 Å². The molecule has 4 aromatic rings. The maximum Gasteiger partial charge on any atom is 0.255 e. The van der Waals surface area contributed by atoms with Crippen LogP contribution in [0.3, 0.4) is 0 Å². The van der Waals surface area contributed by atoms with Gasteiger partial charge in [-0.2, -0.15) is 0 Å². The Morgan fingerprint density at radius 3 is 2.26 bits per heavy atom. The number of amides is 5. The number of rotatable bonds is 20. The van der Waals surface area contributed by atoms with Gasteiger partial charge in [-0.05, 0) is 72.7 Å². The van der Waals surface area contributed by atoms with Gasteiger partial charge in [-0.25, -0.2) is 4.98 Å². The number of aliphatic hydroxyl groups is 1. The quantitative estimate of drug-likeness (QED) is 0.0427. The number of hydrogen-bond acceptors (Lipinski definition) is 10. The van der Waals surface area contributed by atoms with E-state index < -0.39 is 35.4 Å². The molecule has 3 atom stereocenters. The summed E-state index contributed by atoms with van der Waals surface area (Å²) in [4.78, 5) is 72.1. The van der Waals surface area contributed by atoms with Crippen LogP contribution in [0.2, 0.25) is 0 Å². The highest BCUT2D eigenvalue weighted by molar-refractivity contribution is 7.13. The highest BCUT2D eigenvalue weighted by atomic mass is 32.1. The van der Waals surface area contributed by atoms with Crippen LogP contribution in [0.4, 0.5) is 17.1 Å². The third kappa shape index (κ3) is 13.9. The van der Waals surface area contributed by atoms with Crippen LogP contribution in [0.15, 0.2) is 78.3 Å². The van der Waals surface area contributed by atoms with Crippen LogP contribution >= 0.6 is 11.3 Å². The normalized spacial score (nSPS) is 15.5. The molecular weight excluding hydrogens is 795 g/mol. The summed E-state index contributed by atoms with van der Waals surface area (Å²) in [5.41, 5.74) is 12.0. The minimum atomic E-state index is -0.936. The van der Waals surface area contributed by atoms with Crippen molar-refractivity contribution in [2.75, 3.05) is 36.1 Å². The van der Waals surface area contributed by atoms with E-state index in [2.05, 4.69) is 26.3 Å². The summed E-state index contributed by atoms with van der Waals surface area (Å²) in [6.45, 7) is 7.93. The number of nitrogens with two attached hydrogens (primary N) is 1. The van der Waals surface area contributed by atoms with Crippen LogP contribution in [0.5, 0.6) is 0 Å². The standard InChI is InChI=1S/C46H59N7O7S/c1-30-41(61-29-49-30)32-18-16-31(17-19-32)26-48-44(58)38-25-35(54)27-53(38)45(59)42(46(2,3)4)52-40(56)28-60-24-12-8-6-5-7-9-15-39(55)50-34-22-20-33(21-23-34)43(57)51-37-14-11-10-13-36(37)47/h10-11,13-14,16-23,29,35,38,42,54H,5-9,12,15,24-28,47H2,1-4H3,(H,48,58)(H,50,55)(H,51,57)(H,52,56)/t35-,38+,42?/m1/s1. The summed E-state index contributed by atoms with van der Waals surface area (Å²) >= 11 is 1.57. The van der Waals surface area contributed by atoms with Crippen molar-refractivity contribution >= 4 is 57.9 Å². The minimum absolute atomic E-state index is 0.00406. The number of carbonyl (C=O) groups is 5. The predicted molar refractivity (Wildman–Crippen MR) is 239 cm³/mol. The van der Waals surface area contributed by atoms with Crippen molar-refractivity contribution in [3.63, 3.8) is 0 Å². The SMILES string of the molecule is Cc1ncsc1-c1ccc(CNC(=O)[C@@H]2C[C@@H](O)CN2C(=O)C(NC(=O)COCCCCCCCCC(=O)Nc2ccc(C(=O)Nc3ccccc3N)cc2)C(C)(C)C)cc1. The Morgan fingerprint density at radius 1 is 0.902 bits per heavy atom. The molecule has 14 nitrogen and oxygen atoms in total. The Bertz CT molecular complexity index is 2100. The first-order valence-electron chi connectivity index (χ1n) is 20.9. The Kier molecular flexibility index (Phi) is 17.0. The summed E-state index contributed by atoms with van der Waals surface area (Å²) in [6, 6.07) is 19.8. The lowest BCUT2D eigenvalue weighted by Crippen LogP contribution is -2.58. The number of β-amino-alcohol motifs (C(OH)–C–C–N with tert-alkyl or cyclic N) is 1. The fraction of sp³-hybridized carbons (Fsp3) is 0.435. The van der Waals surface area contributed by atoms with Crippen molar-refractivity contribution in [3.05, 3.63) is 95.1 Å². The Balaban J connectivity index is 0.945. The third-order valence-electron chi connectivity index (χ3n) is 10.5. The van der Waals surface area contributed by atoms with Gasteiger partial charge in [-0.1, -0.05) is 82.9 Å². The predicted octanol–water partition coefficient (Wildman–Crippen LogP) is 6.45. The van der Waals surface area contributed by atoms with E-state index in [0.717, 1.165) is 60.2 Å². The lowest BCUT2D eigenvalue weighted by atomic mass is 9.85. The number of thiazole rings is 1. The topological polar surface area (TPSA) is 205 Å². The van der Waals surface area contributed by atoms with Gasteiger partial charge in [0.25, 0.3) is 5.91 Å². The van der Waals surface area contributed by atoms with Gasteiger partial charge in [-0.15, -0.1) is 11.3 Å². The van der Waals surface area contributed by atoms with Gasteiger partial charge in [0, 0.05) is 43.8 Å². The molecule has 5 amide bonds. The molecule has 3 aromatic carbocycles. The second-order valence-electron chi connectivity index (χ2n) is 16.5. The van der Waals surface area contributed by atoms with Crippen LogP contribution < -0.4 is 27.0 Å². The Labute approximate surface area is 362 Å². The fourth-order valence-electron chi connectivity index (χ4n) is 7.08. The van der Waals surface area contributed by atoms with E-state index in [-0.39, 0.29) is 43.8 Å². The van der Waals surface area contributed by atoms with Crippen molar-refractivity contribution in [3.8, 4) is 10.4 Å². The Hall–Kier alpha value is -5.64. The van der Waals surface area contributed by atoms with E-state index in [1.54, 1.807) is 59.9 Å². The fourth-order valence-corrected chi connectivity index (χ4v) is 7.89. The van der Waals surface area contributed by atoms with E-state index >= 15 is 0 Å². The number of ether oxygens (including phenoxy) is 1. The van der Waals surface area contributed by atoms with Crippen molar-refractivity contribution in [2.24, 2.45) is 5.41 Å². The number of nitrogens with zero attached hydrogens (tertiary/aromatic N) is 2. The van der Waals surface area contributed by atoms with E-state index in [0.29, 0.717) is 35.7 Å². The molecule has 5 rings (SSSR count). The van der Waals surface area contributed by atoms with E-state index in [1.165, 1.54) is 4.90 Å². The molecule has 1 saturated heterocycles. The first kappa shape index (κ1) is 46.4. The van der Waals surface area contributed by atoms with Gasteiger partial charge < -0.3 is 41.7 Å². The zero-order valence-electron chi connectivity index (χ0n) is 35.5. The number of nitrogens with one attached hydrogen (secondary N) is 4. The monoisotopic (exact) mass is 853 g/mol.